The van der Waals surface area contributed by atoms with Crippen LogP contribution in [0.4, 0.5) is 10.1 Å². The van der Waals surface area contributed by atoms with Gasteiger partial charge in [-0.2, -0.15) is 5.26 Å². The zero-order valence-corrected chi connectivity index (χ0v) is 12.1. The maximum Gasteiger partial charge on any atom is 0.123 e. The van der Waals surface area contributed by atoms with Crippen molar-refractivity contribution >= 4 is 33.2 Å². The maximum absolute atomic E-state index is 13.2. The maximum atomic E-state index is 13.2. The SMILES string of the molecule is N#Cc1ccc(F)cc1CNc1ccc(Br)c(Cl)c1. The van der Waals surface area contributed by atoms with Gasteiger partial charge in [-0.25, -0.2) is 4.39 Å². The van der Waals surface area contributed by atoms with Crippen molar-refractivity contribution in [3.8, 4) is 6.07 Å². The fraction of sp³-hybridized carbons (Fsp3) is 0.0714. The van der Waals surface area contributed by atoms with E-state index >= 15 is 0 Å². The van der Waals surface area contributed by atoms with Crippen LogP contribution in [0.2, 0.25) is 5.02 Å². The number of anilines is 1. The Labute approximate surface area is 123 Å². The van der Waals surface area contributed by atoms with Gasteiger partial charge >= 0.3 is 0 Å². The lowest BCUT2D eigenvalue weighted by molar-refractivity contribution is 0.625. The molecule has 0 aliphatic rings. The summed E-state index contributed by atoms with van der Waals surface area (Å²) in [6.45, 7) is 0.360. The van der Waals surface area contributed by atoms with Crippen molar-refractivity contribution < 1.29 is 4.39 Å². The van der Waals surface area contributed by atoms with Gasteiger partial charge in [0, 0.05) is 16.7 Å². The fourth-order valence-corrected chi connectivity index (χ4v) is 2.05. The number of benzene rings is 2. The Morgan fingerprint density at radius 1 is 1.26 bits per heavy atom. The van der Waals surface area contributed by atoms with Gasteiger partial charge in [0.05, 0.1) is 16.7 Å². The van der Waals surface area contributed by atoms with Crippen LogP contribution in [0.25, 0.3) is 0 Å². The Hall–Kier alpha value is -1.57. The lowest BCUT2D eigenvalue weighted by Crippen LogP contribution is -2.02. The third-order valence-electron chi connectivity index (χ3n) is 2.59. The number of halogens is 3. The predicted molar refractivity (Wildman–Crippen MR) is 77.6 cm³/mol. The Morgan fingerprint density at radius 3 is 2.74 bits per heavy atom. The van der Waals surface area contributed by atoms with Gasteiger partial charge in [0.25, 0.3) is 0 Å². The number of hydrogen-bond acceptors (Lipinski definition) is 2. The van der Waals surface area contributed by atoms with E-state index in [1.807, 2.05) is 18.2 Å². The lowest BCUT2D eigenvalue weighted by atomic mass is 10.1. The second-order valence-electron chi connectivity index (χ2n) is 3.90. The highest BCUT2D eigenvalue weighted by molar-refractivity contribution is 9.10. The van der Waals surface area contributed by atoms with E-state index in [1.165, 1.54) is 18.2 Å². The molecule has 0 amide bonds. The molecular weight excluding hydrogens is 331 g/mol. The summed E-state index contributed by atoms with van der Waals surface area (Å²) in [5, 5.41) is 12.7. The zero-order valence-electron chi connectivity index (χ0n) is 9.75. The van der Waals surface area contributed by atoms with Crippen LogP contribution in [0.1, 0.15) is 11.1 Å². The van der Waals surface area contributed by atoms with Crippen LogP contribution in [0.3, 0.4) is 0 Å². The third-order valence-corrected chi connectivity index (χ3v) is 3.82. The van der Waals surface area contributed by atoms with Crippen LogP contribution < -0.4 is 5.32 Å². The van der Waals surface area contributed by atoms with Crippen LogP contribution in [0.5, 0.6) is 0 Å². The average molecular weight is 340 g/mol. The highest BCUT2D eigenvalue weighted by Gasteiger charge is 2.04. The minimum absolute atomic E-state index is 0.357. The van der Waals surface area contributed by atoms with Crippen molar-refractivity contribution in [2.45, 2.75) is 6.54 Å². The normalized spacial score (nSPS) is 10.0. The molecular formula is C14H9BrClFN2. The number of rotatable bonds is 3. The second kappa shape index (κ2) is 6.05. The Kier molecular flexibility index (Phi) is 4.41. The molecule has 0 unspecified atom stereocenters. The number of nitrogens with one attached hydrogen (secondary N) is 1. The van der Waals surface area contributed by atoms with Gasteiger partial charge in [0.1, 0.15) is 5.82 Å². The Bertz CT molecular complexity index is 652. The van der Waals surface area contributed by atoms with E-state index in [0.717, 1.165) is 10.2 Å². The Balaban J connectivity index is 2.16. The summed E-state index contributed by atoms with van der Waals surface area (Å²) in [5.74, 6) is -0.357. The first-order valence-corrected chi connectivity index (χ1v) is 6.64. The van der Waals surface area contributed by atoms with Crippen molar-refractivity contribution in [1.29, 1.82) is 5.26 Å². The largest absolute Gasteiger partial charge is 0.381 e. The summed E-state index contributed by atoms with van der Waals surface area (Å²) < 4.78 is 14.0. The standard InChI is InChI=1S/C14H9BrClFN2/c15-13-4-3-12(6-14(13)16)19-8-10-5-11(17)2-1-9(10)7-18/h1-6,19H,8H2. The van der Waals surface area contributed by atoms with E-state index in [0.29, 0.717) is 22.7 Å². The molecule has 0 spiro atoms. The molecule has 0 fully saturated rings. The van der Waals surface area contributed by atoms with Gasteiger partial charge in [0.15, 0.2) is 0 Å². The van der Waals surface area contributed by atoms with E-state index in [4.69, 9.17) is 16.9 Å². The highest BCUT2D eigenvalue weighted by atomic mass is 79.9. The van der Waals surface area contributed by atoms with E-state index in [2.05, 4.69) is 21.2 Å². The molecule has 2 rings (SSSR count). The molecule has 2 aromatic carbocycles. The molecule has 0 aliphatic carbocycles. The smallest absolute Gasteiger partial charge is 0.123 e. The van der Waals surface area contributed by atoms with E-state index in [1.54, 1.807) is 6.07 Å². The molecule has 0 saturated carbocycles. The topological polar surface area (TPSA) is 35.8 Å². The third kappa shape index (κ3) is 3.46. The molecule has 0 atom stereocenters. The molecule has 2 nitrogen and oxygen atoms in total. The average Bonchev–Trinajstić information content (AvgIpc) is 2.40. The number of hydrogen-bond donors (Lipinski definition) is 1. The summed E-state index contributed by atoms with van der Waals surface area (Å²) in [6.07, 6.45) is 0. The lowest BCUT2D eigenvalue weighted by Gasteiger charge is -2.09. The summed E-state index contributed by atoms with van der Waals surface area (Å²) in [4.78, 5) is 0. The van der Waals surface area contributed by atoms with Crippen molar-refractivity contribution in [3.05, 3.63) is 62.8 Å². The van der Waals surface area contributed by atoms with Crippen molar-refractivity contribution in [1.82, 2.24) is 0 Å². The molecule has 0 aromatic heterocycles. The number of nitriles is 1. The molecule has 1 N–H and O–H groups in total. The van der Waals surface area contributed by atoms with Gasteiger partial charge in [0.2, 0.25) is 0 Å². The molecule has 96 valence electrons. The van der Waals surface area contributed by atoms with Gasteiger partial charge < -0.3 is 5.32 Å². The van der Waals surface area contributed by atoms with E-state index in [9.17, 15) is 4.39 Å². The van der Waals surface area contributed by atoms with Crippen molar-refractivity contribution in [2.24, 2.45) is 0 Å². The Morgan fingerprint density at radius 2 is 2.05 bits per heavy atom. The molecule has 0 bridgehead atoms. The van der Waals surface area contributed by atoms with Crippen LogP contribution >= 0.6 is 27.5 Å². The molecule has 0 heterocycles. The van der Waals surface area contributed by atoms with E-state index in [-0.39, 0.29) is 5.82 Å². The highest BCUT2D eigenvalue weighted by Crippen LogP contribution is 2.26. The van der Waals surface area contributed by atoms with E-state index < -0.39 is 0 Å². The minimum Gasteiger partial charge on any atom is -0.381 e. The number of nitrogens with zero attached hydrogens (tertiary/aromatic N) is 1. The fourth-order valence-electron chi connectivity index (χ4n) is 1.62. The monoisotopic (exact) mass is 338 g/mol. The summed E-state index contributed by atoms with van der Waals surface area (Å²) >= 11 is 9.29. The van der Waals surface area contributed by atoms with Crippen LogP contribution in [0.15, 0.2) is 40.9 Å². The van der Waals surface area contributed by atoms with Gasteiger partial charge in [-0.05, 0) is 57.9 Å². The quantitative estimate of drug-likeness (QED) is 0.878. The first-order chi connectivity index (χ1) is 9.10. The molecule has 19 heavy (non-hydrogen) atoms. The van der Waals surface area contributed by atoms with Gasteiger partial charge in [-0.1, -0.05) is 11.6 Å². The summed E-state index contributed by atoms with van der Waals surface area (Å²) in [7, 11) is 0. The summed E-state index contributed by atoms with van der Waals surface area (Å²) in [6, 6.07) is 11.6. The minimum atomic E-state index is -0.357. The zero-order chi connectivity index (χ0) is 13.8. The predicted octanol–water partition coefficient (Wildman–Crippen LogP) is 4.73. The first kappa shape index (κ1) is 13.9. The molecule has 0 aliphatic heterocycles. The van der Waals surface area contributed by atoms with Crippen LogP contribution in [-0.4, -0.2) is 0 Å². The molecule has 5 heteroatoms. The molecule has 0 saturated heterocycles. The van der Waals surface area contributed by atoms with Gasteiger partial charge in [-0.15, -0.1) is 0 Å². The van der Waals surface area contributed by atoms with Crippen molar-refractivity contribution in [2.75, 3.05) is 5.32 Å². The van der Waals surface area contributed by atoms with Gasteiger partial charge in [-0.3, -0.25) is 0 Å². The van der Waals surface area contributed by atoms with Crippen molar-refractivity contribution in [3.63, 3.8) is 0 Å². The summed E-state index contributed by atoms with van der Waals surface area (Å²) in [5.41, 5.74) is 1.88. The molecule has 2 aromatic rings. The van der Waals surface area contributed by atoms with Crippen LogP contribution in [-0.2, 0) is 6.54 Å². The molecule has 0 radical (unpaired) electrons. The second-order valence-corrected chi connectivity index (χ2v) is 5.16. The first-order valence-electron chi connectivity index (χ1n) is 5.47. The van der Waals surface area contributed by atoms with Crippen LogP contribution in [0, 0.1) is 17.1 Å².